The first kappa shape index (κ1) is 11.6. The summed E-state index contributed by atoms with van der Waals surface area (Å²) in [6, 6.07) is -0.0628. The van der Waals surface area contributed by atoms with Crippen LogP contribution in [0.25, 0.3) is 0 Å². The summed E-state index contributed by atoms with van der Waals surface area (Å²) in [7, 11) is 2.76. The number of nitrogens with zero attached hydrogens (tertiary/aromatic N) is 1. The van der Waals surface area contributed by atoms with Crippen molar-refractivity contribution >= 4 is 0 Å². The van der Waals surface area contributed by atoms with Gasteiger partial charge in [-0.25, -0.2) is 13.8 Å². The summed E-state index contributed by atoms with van der Waals surface area (Å²) >= 11 is 0. The summed E-state index contributed by atoms with van der Waals surface area (Å²) in [5, 5.41) is 0. The van der Waals surface area contributed by atoms with Crippen LogP contribution in [0.4, 0.5) is 8.78 Å². The van der Waals surface area contributed by atoms with Crippen molar-refractivity contribution in [3.8, 4) is 11.6 Å². The lowest BCUT2D eigenvalue weighted by molar-refractivity contribution is 0.115. The molecule has 2 N–H and O–H groups in total. The maximum absolute atomic E-state index is 12.4. The van der Waals surface area contributed by atoms with E-state index >= 15 is 0 Å². The molecule has 0 bridgehead atoms. The SMILES string of the molecule is COc1cc(C(N)C(F)F)c(OC)cn1. The quantitative estimate of drug-likeness (QED) is 0.829. The Kier molecular flexibility index (Phi) is 3.79. The summed E-state index contributed by atoms with van der Waals surface area (Å²) in [6.45, 7) is 0. The minimum absolute atomic E-state index is 0.180. The van der Waals surface area contributed by atoms with Crippen molar-refractivity contribution < 1.29 is 18.3 Å². The minimum Gasteiger partial charge on any atom is -0.495 e. The molecule has 1 aromatic heterocycles. The van der Waals surface area contributed by atoms with Gasteiger partial charge in [-0.3, -0.25) is 0 Å². The average Bonchev–Trinajstić information content (AvgIpc) is 2.27. The van der Waals surface area contributed by atoms with Crippen molar-refractivity contribution in [1.82, 2.24) is 4.98 Å². The van der Waals surface area contributed by atoms with E-state index in [9.17, 15) is 8.78 Å². The Balaban J connectivity index is 3.11. The highest BCUT2D eigenvalue weighted by Gasteiger charge is 2.22. The first-order chi connectivity index (χ1) is 7.10. The second kappa shape index (κ2) is 4.88. The van der Waals surface area contributed by atoms with Crippen LogP contribution < -0.4 is 15.2 Å². The maximum Gasteiger partial charge on any atom is 0.257 e. The van der Waals surface area contributed by atoms with E-state index in [0.29, 0.717) is 0 Å². The summed E-state index contributed by atoms with van der Waals surface area (Å²) in [6.07, 6.45) is -1.36. The van der Waals surface area contributed by atoms with E-state index < -0.39 is 12.5 Å². The number of ether oxygens (including phenoxy) is 2. The number of hydrogen-bond acceptors (Lipinski definition) is 4. The second-order valence-corrected chi connectivity index (χ2v) is 2.83. The standard InChI is InChI=1S/C9H12F2N2O2/c1-14-6-4-13-7(15-2)3-5(6)8(12)9(10)11/h3-4,8-9H,12H2,1-2H3. The van der Waals surface area contributed by atoms with Gasteiger partial charge < -0.3 is 15.2 Å². The molecule has 0 saturated heterocycles. The number of alkyl halides is 2. The Morgan fingerprint density at radius 3 is 2.47 bits per heavy atom. The van der Waals surface area contributed by atoms with Gasteiger partial charge in [0, 0.05) is 11.6 Å². The number of hydrogen-bond donors (Lipinski definition) is 1. The van der Waals surface area contributed by atoms with Crippen LogP contribution in [0.5, 0.6) is 11.6 Å². The minimum atomic E-state index is -2.66. The summed E-state index contributed by atoms with van der Waals surface area (Å²) in [4.78, 5) is 3.82. The van der Waals surface area contributed by atoms with Gasteiger partial charge in [0.15, 0.2) is 0 Å². The van der Waals surface area contributed by atoms with E-state index in [1.807, 2.05) is 0 Å². The molecule has 4 nitrogen and oxygen atoms in total. The monoisotopic (exact) mass is 218 g/mol. The topological polar surface area (TPSA) is 57.4 Å². The van der Waals surface area contributed by atoms with Gasteiger partial charge in [0.05, 0.1) is 26.5 Å². The van der Waals surface area contributed by atoms with E-state index in [4.69, 9.17) is 15.2 Å². The Hall–Kier alpha value is -1.43. The third-order valence-electron chi connectivity index (χ3n) is 1.93. The highest BCUT2D eigenvalue weighted by molar-refractivity contribution is 5.37. The number of nitrogens with two attached hydrogens (primary N) is 1. The molecule has 1 aromatic rings. The predicted octanol–water partition coefficient (Wildman–Crippen LogP) is 1.36. The van der Waals surface area contributed by atoms with Crippen molar-refractivity contribution in [3.05, 3.63) is 17.8 Å². The Morgan fingerprint density at radius 1 is 1.33 bits per heavy atom. The molecule has 0 spiro atoms. The molecular weight excluding hydrogens is 206 g/mol. The fourth-order valence-corrected chi connectivity index (χ4v) is 1.12. The zero-order valence-electron chi connectivity index (χ0n) is 8.41. The molecule has 0 amide bonds. The molecule has 0 aliphatic rings. The molecule has 0 aliphatic heterocycles. The van der Waals surface area contributed by atoms with Gasteiger partial charge in [-0.1, -0.05) is 0 Å². The molecule has 0 radical (unpaired) electrons. The Labute approximate surface area is 86.0 Å². The van der Waals surface area contributed by atoms with Crippen LogP contribution in [0.15, 0.2) is 12.3 Å². The van der Waals surface area contributed by atoms with Crippen LogP contribution in [-0.2, 0) is 0 Å². The van der Waals surface area contributed by atoms with Crippen molar-refractivity contribution in [2.75, 3.05) is 14.2 Å². The van der Waals surface area contributed by atoms with Gasteiger partial charge in [-0.15, -0.1) is 0 Å². The summed E-state index contributed by atoms with van der Waals surface area (Å²) in [5.41, 5.74) is 5.50. The molecule has 1 unspecified atom stereocenters. The zero-order chi connectivity index (χ0) is 11.4. The highest BCUT2D eigenvalue weighted by Crippen LogP contribution is 2.29. The van der Waals surface area contributed by atoms with E-state index in [1.165, 1.54) is 26.5 Å². The van der Waals surface area contributed by atoms with Crippen LogP contribution in [-0.4, -0.2) is 25.6 Å². The molecule has 1 atom stereocenters. The van der Waals surface area contributed by atoms with Gasteiger partial charge in [0.2, 0.25) is 5.88 Å². The molecule has 6 heteroatoms. The van der Waals surface area contributed by atoms with Crippen molar-refractivity contribution in [2.45, 2.75) is 12.5 Å². The number of aromatic nitrogens is 1. The van der Waals surface area contributed by atoms with Crippen molar-refractivity contribution in [2.24, 2.45) is 5.73 Å². The number of rotatable bonds is 4. The third kappa shape index (κ3) is 2.53. The lowest BCUT2D eigenvalue weighted by atomic mass is 10.1. The van der Waals surface area contributed by atoms with Crippen molar-refractivity contribution in [3.63, 3.8) is 0 Å². The molecule has 1 heterocycles. The van der Waals surface area contributed by atoms with Crippen LogP contribution in [0, 0.1) is 0 Å². The van der Waals surface area contributed by atoms with E-state index in [2.05, 4.69) is 4.98 Å². The van der Waals surface area contributed by atoms with E-state index in [1.54, 1.807) is 0 Å². The number of methoxy groups -OCH3 is 2. The summed E-state index contributed by atoms with van der Waals surface area (Å²) in [5.74, 6) is 0.450. The number of halogens is 2. The molecule has 0 saturated carbocycles. The van der Waals surface area contributed by atoms with Crippen molar-refractivity contribution in [1.29, 1.82) is 0 Å². The van der Waals surface area contributed by atoms with Gasteiger partial charge in [-0.05, 0) is 0 Å². The van der Waals surface area contributed by atoms with Gasteiger partial charge >= 0.3 is 0 Å². The van der Waals surface area contributed by atoms with Gasteiger partial charge in [0.1, 0.15) is 5.75 Å². The molecule has 0 fully saturated rings. The first-order valence-electron chi connectivity index (χ1n) is 4.21. The van der Waals surface area contributed by atoms with Crippen LogP contribution in [0.3, 0.4) is 0 Å². The lowest BCUT2D eigenvalue weighted by Gasteiger charge is -2.15. The average molecular weight is 218 g/mol. The van der Waals surface area contributed by atoms with E-state index in [-0.39, 0.29) is 17.2 Å². The smallest absolute Gasteiger partial charge is 0.257 e. The van der Waals surface area contributed by atoms with E-state index in [0.717, 1.165) is 0 Å². The largest absolute Gasteiger partial charge is 0.495 e. The van der Waals surface area contributed by atoms with Crippen LogP contribution >= 0.6 is 0 Å². The fourth-order valence-electron chi connectivity index (χ4n) is 1.12. The Morgan fingerprint density at radius 2 is 2.00 bits per heavy atom. The fraction of sp³-hybridized carbons (Fsp3) is 0.444. The first-order valence-corrected chi connectivity index (χ1v) is 4.21. The van der Waals surface area contributed by atoms with Gasteiger partial charge in [-0.2, -0.15) is 0 Å². The van der Waals surface area contributed by atoms with Crippen LogP contribution in [0.2, 0.25) is 0 Å². The lowest BCUT2D eigenvalue weighted by Crippen LogP contribution is -2.20. The van der Waals surface area contributed by atoms with Gasteiger partial charge in [0.25, 0.3) is 6.43 Å². The molecule has 1 rings (SSSR count). The normalized spacial score (nSPS) is 12.7. The summed E-state index contributed by atoms with van der Waals surface area (Å²) < 4.78 is 34.6. The molecule has 15 heavy (non-hydrogen) atoms. The second-order valence-electron chi connectivity index (χ2n) is 2.83. The zero-order valence-corrected chi connectivity index (χ0v) is 8.41. The Bertz CT molecular complexity index is 334. The highest BCUT2D eigenvalue weighted by atomic mass is 19.3. The maximum atomic E-state index is 12.4. The number of pyridine rings is 1. The van der Waals surface area contributed by atoms with Crippen LogP contribution in [0.1, 0.15) is 11.6 Å². The molecule has 84 valence electrons. The molecular formula is C9H12F2N2O2. The molecule has 0 aromatic carbocycles. The third-order valence-corrected chi connectivity index (χ3v) is 1.93. The predicted molar refractivity (Wildman–Crippen MR) is 50.3 cm³/mol. The molecule has 0 aliphatic carbocycles.